The Morgan fingerprint density at radius 3 is 2.12 bits per heavy atom. The molecule has 1 aromatic heterocycles. The minimum absolute atomic E-state index is 1.23. The van der Waals surface area contributed by atoms with E-state index in [2.05, 4.69) is 46.4 Å². The van der Waals surface area contributed by atoms with E-state index in [0.717, 1.165) is 0 Å². The summed E-state index contributed by atoms with van der Waals surface area (Å²) in [6, 6.07) is 13.2. The molecule has 84 valence electrons. The maximum absolute atomic E-state index is 3.67. The minimum Gasteiger partial charge on any atom is -0.351 e. The number of imidazole rings is 1. The predicted octanol–water partition coefficient (Wildman–Crippen LogP) is 3.35. The molecular weight excluding hydrogens is 208 g/mol. The van der Waals surface area contributed by atoms with Gasteiger partial charge in [0, 0.05) is 12.4 Å². The van der Waals surface area contributed by atoms with E-state index in [-0.39, 0.29) is 0 Å². The van der Waals surface area contributed by atoms with Crippen molar-refractivity contribution >= 4 is 10.8 Å². The Labute approximate surface area is 100 Å². The summed E-state index contributed by atoms with van der Waals surface area (Å²) in [7, 11) is 0. The fraction of sp³-hybridized carbons (Fsp3) is 0.133. The van der Waals surface area contributed by atoms with Gasteiger partial charge in [-0.25, -0.2) is 4.98 Å². The van der Waals surface area contributed by atoms with Crippen molar-refractivity contribution in [2.24, 2.45) is 0 Å². The Bertz CT molecular complexity index is 556. The van der Waals surface area contributed by atoms with Crippen LogP contribution in [0.3, 0.4) is 0 Å². The highest BCUT2D eigenvalue weighted by Crippen LogP contribution is 2.29. The Balaban J connectivity index is 0.000000153. The molecule has 1 aliphatic carbocycles. The number of H-pyrrole nitrogens is 1. The van der Waals surface area contributed by atoms with Crippen molar-refractivity contribution in [1.82, 2.24) is 9.97 Å². The van der Waals surface area contributed by atoms with Gasteiger partial charge in [-0.2, -0.15) is 0 Å². The van der Waals surface area contributed by atoms with Gasteiger partial charge < -0.3 is 4.98 Å². The molecule has 1 heterocycles. The monoisotopic (exact) mass is 222 g/mol. The lowest BCUT2D eigenvalue weighted by atomic mass is 10.1. The first kappa shape index (κ1) is 10.1. The molecule has 0 saturated carbocycles. The van der Waals surface area contributed by atoms with Gasteiger partial charge in [0.2, 0.25) is 0 Å². The van der Waals surface area contributed by atoms with Crippen LogP contribution in [0.1, 0.15) is 11.1 Å². The summed E-state index contributed by atoms with van der Waals surface area (Å²) in [5, 5.41) is 2.92. The standard InChI is InChI=1S/C12H10.C3H4N2/c1-3-9-4-2-6-11-8-7-10(5-1)12(9)11;1-2-5-3-4-1/h1-6H,7-8H2;1-3H,(H,4,5). The number of rotatable bonds is 0. The quantitative estimate of drug-likeness (QED) is 0.621. The molecule has 0 spiro atoms. The van der Waals surface area contributed by atoms with Crippen LogP contribution in [0.2, 0.25) is 0 Å². The Morgan fingerprint density at radius 2 is 1.65 bits per heavy atom. The number of hydrogen-bond acceptors (Lipinski definition) is 1. The molecule has 0 atom stereocenters. The SMILES string of the molecule is c1c[nH]cn1.c1cc2c3c(cccc3c1)CC2. The van der Waals surface area contributed by atoms with Gasteiger partial charge in [0.05, 0.1) is 6.33 Å². The number of aromatic amines is 1. The van der Waals surface area contributed by atoms with Gasteiger partial charge in [0.25, 0.3) is 0 Å². The summed E-state index contributed by atoms with van der Waals surface area (Å²) in [5.41, 5.74) is 3.06. The molecule has 0 aliphatic heterocycles. The molecule has 2 heteroatoms. The summed E-state index contributed by atoms with van der Waals surface area (Å²) in [4.78, 5) is 6.42. The van der Waals surface area contributed by atoms with Crippen molar-refractivity contribution in [2.75, 3.05) is 0 Å². The number of benzene rings is 2. The Hall–Kier alpha value is -2.09. The molecule has 3 aromatic rings. The van der Waals surface area contributed by atoms with Gasteiger partial charge in [-0.1, -0.05) is 36.4 Å². The van der Waals surface area contributed by atoms with Crippen LogP contribution < -0.4 is 0 Å². The third-order valence-electron chi connectivity index (χ3n) is 3.15. The van der Waals surface area contributed by atoms with Gasteiger partial charge in [-0.15, -0.1) is 0 Å². The topological polar surface area (TPSA) is 28.7 Å². The van der Waals surface area contributed by atoms with Crippen molar-refractivity contribution < 1.29 is 0 Å². The van der Waals surface area contributed by atoms with E-state index in [4.69, 9.17) is 0 Å². The molecule has 4 rings (SSSR count). The molecule has 2 aromatic carbocycles. The van der Waals surface area contributed by atoms with Crippen LogP contribution in [0.4, 0.5) is 0 Å². The Kier molecular flexibility index (Phi) is 2.62. The first-order chi connectivity index (χ1) is 8.45. The number of nitrogens with one attached hydrogen (secondary N) is 1. The smallest absolute Gasteiger partial charge is 0.0919 e. The predicted molar refractivity (Wildman–Crippen MR) is 69.9 cm³/mol. The molecule has 0 fully saturated rings. The zero-order valence-electron chi connectivity index (χ0n) is 9.56. The normalized spacial score (nSPS) is 12.2. The lowest BCUT2D eigenvalue weighted by molar-refractivity contribution is 1.02. The average Bonchev–Trinajstić information content (AvgIpc) is 3.04. The molecule has 0 bridgehead atoms. The van der Waals surface area contributed by atoms with Crippen LogP contribution in [-0.4, -0.2) is 9.97 Å². The molecule has 0 radical (unpaired) electrons. The van der Waals surface area contributed by atoms with E-state index in [0.29, 0.717) is 0 Å². The number of hydrogen-bond donors (Lipinski definition) is 1. The second-order valence-corrected chi connectivity index (χ2v) is 4.19. The molecule has 1 N–H and O–H groups in total. The van der Waals surface area contributed by atoms with Crippen LogP contribution in [0, 0.1) is 0 Å². The van der Waals surface area contributed by atoms with E-state index < -0.39 is 0 Å². The summed E-state index contributed by atoms with van der Waals surface area (Å²) >= 11 is 0. The fourth-order valence-electron chi connectivity index (χ4n) is 2.40. The molecule has 2 nitrogen and oxygen atoms in total. The van der Waals surface area contributed by atoms with E-state index in [9.17, 15) is 0 Å². The molecule has 0 amide bonds. The highest BCUT2D eigenvalue weighted by atomic mass is 14.8. The minimum atomic E-state index is 1.23. The van der Waals surface area contributed by atoms with Gasteiger partial charge in [-0.3, -0.25) is 0 Å². The molecule has 1 aliphatic rings. The average molecular weight is 222 g/mol. The largest absolute Gasteiger partial charge is 0.351 e. The van der Waals surface area contributed by atoms with Gasteiger partial charge >= 0.3 is 0 Å². The van der Waals surface area contributed by atoms with Crippen LogP contribution in [0.25, 0.3) is 10.8 Å². The van der Waals surface area contributed by atoms with Crippen molar-refractivity contribution in [3.05, 3.63) is 66.2 Å². The molecule has 17 heavy (non-hydrogen) atoms. The van der Waals surface area contributed by atoms with Gasteiger partial charge in [0.1, 0.15) is 0 Å². The maximum Gasteiger partial charge on any atom is 0.0919 e. The fourth-order valence-corrected chi connectivity index (χ4v) is 2.40. The molecular formula is C15H14N2. The van der Waals surface area contributed by atoms with Crippen molar-refractivity contribution in [3.8, 4) is 0 Å². The Morgan fingerprint density at radius 1 is 0.941 bits per heavy atom. The highest BCUT2D eigenvalue weighted by molar-refractivity contribution is 5.90. The van der Waals surface area contributed by atoms with Crippen molar-refractivity contribution in [2.45, 2.75) is 12.8 Å². The zero-order chi connectivity index (χ0) is 11.5. The number of nitrogens with zero attached hydrogens (tertiary/aromatic N) is 1. The number of aryl methyl sites for hydroxylation is 2. The van der Waals surface area contributed by atoms with Gasteiger partial charge in [-0.05, 0) is 34.7 Å². The second kappa shape index (κ2) is 4.42. The first-order valence-electron chi connectivity index (χ1n) is 5.87. The van der Waals surface area contributed by atoms with E-state index >= 15 is 0 Å². The van der Waals surface area contributed by atoms with Crippen molar-refractivity contribution in [1.29, 1.82) is 0 Å². The maximum atomic E-state index is 3.67. The third-order valence-corrected chi connectivity index (χ3v) is 3.15. The number of aromatic nitrogens is 2. The summed E-state index contributed by atoms with van der Waals surface area (Å²) in [5.74, 6) is 0. The van der Waals surface area contributed by atoms with Crippen LogP contribution in [-0.2, 0) is 12.8 Å². The van der Waals surface area contributed by atoms with Crippen LogP contribution in [0.5, 0.6) is 0 Å². The molecule has 0 unspecified atom stereocenters. The van der Waals surface area contributed by atoms with E-state index in [1.165, 1.54) is 34.7 Å². The summed E-state index contributed by atoms with van der Waals surface area (Å²) in [6.45, 7) is 0. The van der Waals surface area contributed by atoms with Gasteiger partial charge in [0.15, 0.2) is 0 Å². The van der Waals surface area contributed by atoms with E-state index in [1.807, 2.05) is 0 Å². The summed E-state index contributed by atoms with van der Waals surface area (Å²) in [6.07, 6.45) is 7.55. The zero-order valence-corrected chi connectivity index (χ0v) is 9.56. The first-order valence-corrected chi connectivity index (χ1v) is 5.87. The van der Waals surface area contributed by atoms with E-state index in [1.54, 1.807) is 18.7 Å². The molecule has 0 saturated heterocycles. The van der Waals surface area contributed by atoms with Crippen LogP contribution in [0.15, 0.2) is 55.1 Å². The van der Waals surface area contributed by atoms with Crippen molar-refractivity contribution in [3.63, 3.8) is 0 Å². The lowest BCUT2D eigenvalue weighted by Gasteiger charge is -1.99. The second-order valence-electron chi connectivity index (χ2n) is 4.19. The summed E-state index contributed by atoms with van der Waals surface area (Å²) < 4.78 is 0. The highest BCUT2D eigenvalue weighted by Gasteiger charge is 2.11. The van der Waals surface area contributed by atoms with Crippen LogP contribution >= 0.6 is 0 Å². The lowest BCUT2D eigenvalue weighted by Crippen LogP contribution is -1.76. The third kappa shape index (κ3) is 1.94.